The molecule has 0 aliphatic rings. The first-order chi connectivity index (χ1) is 7.07. The van der Waals surface area contributed by atoms with Crippen molar-refractivity contribution in [1.82, 2.24) is 9.78 Å². The van der Waals surface area contributed by atoms with Gasteiger partial charge in [-0.2, -0.15) is 5.10 Å². The second-order valence-corrected chi connectivity index (χ2v) is 4.47. The van der Waals surface area contributed by atoms with Gasteiger partial charge in [-0.25, -0.2) is 0 Å². The number of rotatable bonds is 5. The van der Waals surface area contributed by atoms with Gasteiger partial charge in [-0.05, 0) is 13.3 Å². The molecule has 5 nitrogen and oxygen atoms in total. The fourth-order valence-electron chi connectivity index (χ4n) is 1.22. The highest BCUT2D eigenvalue weighted by molar-refractivity contribution is 7.99. The van der Waals surface area contributed by atoms with Crippen LogP contribution in [0.15, 0.2) is 5.03 Å². The predicted octanol–water partition coefficient (Wildman–Crippen LogP) is 2.36. The number of alkyl halides is 1. The maximum absolute atomic E-state index is 10.8. The Morgan fingerprint density at radius 2 is 2.33 bits per heavy atom. The Morgan fingerprint density at radius 3 is 2.87 bits per heavy atom. The first kappa shape index (κ1) is 12.3. The molecule has 0 aromatic carbocycles. The zero-order valence-electron chi connectivity index (χ0n) is 8.57. The number of nitro groups is 1. The Bertz CT molecular complexity index is 367. The number of thioether (sulfide) groups is 1. The lowest BCUT2D eigenvalue weighted by Crippen LogP contribution is -1.95. The van der Waals surface area contributed by atoms with E-state index in [0.717, 1.165) is 12.2 Å². The average Bonchev–Trinajstić information content (AvgIpc) is 2.42. The molecule has 1 rings (SSSR count). The molecule has 1 aromatic rings. The van der Waals surface area contributed by atoms with Gasteiger partial charge in [0.25, 0.3) is 0 Å². The van der Waals surface area contributed by atoms with E-state index < -0.39 is 0 Å². The SMILES string of the molecule is Cc1nn(C)c(SCCCCl)c1[N+](=O)[O-]. The molecule has 15 heavy (non-hydrogen) atoms. The van der Waals surface area contributed by atoms with Crippen molar-refractivity contribution in [2.45, 2.75) is 18.4 Å². The molecule has 0 atom stereocenters. The highest BCUT2D eigenvalue weighted by Crippen LogP contribution is 2.31. The molecule has 0 spiro atoms. The van der Waals surface area contributed by atoms with Crippen LogP contribution in [-0.4, -0.2) is 26.3 Å². The Kier molecular flexibility index (Phi) is 4.41. The summed E-state index contributed by atoms with van der Waals surface area (Å²) in [6.07, 6.45) is 0.827. The molecule has 0 aliphatic heterocycles. The lowest BCUT2D eigenvalue weighted by Gasteiger charge is -1.99. The first-order valence-electron chi connectivity index (χ1n) is 4.44. The maximum Gasteiger partial charge on any atom is 0.323 e. The Labute approximate surface area is 96.9 Å². The van der Waals surface area contributed by atoms with Crippen molar-refractivity contribution in [2.75, 3.05) is 11.6 Å². The summed E-state index contributed by atoms with van der Waals surface area (Å²) >= 11 is 6.97. The van der Waals surface area contributed by atoms with Crippen molar-refractivity contribution in [2.24, 2.45) is 7.05 Å². The Hall–Kier alpha value is -0.750. The molecule has 1 aromatic heterocycles. The van der Waals surface area contributed by atoms with Crippen molar-refractivity contribution in [3.63, 3.8) is 0 Å². The van der Waals surface area contributed by atoms with Gasteiger partial charge in [0.2, 0.25) is 0 Å². The zero-order chi connectivity index (χ0) is 11.4. The van der Waals surface area contributed by atoms with Gasteiger partial charge < -0.3 is 0 Å². The fourth-order valence-corrected chi connectivity index (χ4v) is 2.58. The molecule has 0 bridgehead atoms. The van der Waals surface area contributed by atoms with Crippen molar-refractivity contribution in [1.29, 1.82) is 0 Å². The van der Waals surface area contributed by atoms with Crippen LogP contribution in [0, 0.1) is 17.0 Å². The van der Waals surface area contributed by atoms with Crippen LogP contribution in [0.1, 0.15) is 12.1 Å². The highest BCUT2D eigenvalue weighted by atomic mass is 35.5. The molecule has 0 unspecified atom stereocenters. The van der Waals surface area contributed by atoms with Crippen LogP contribution in [-0.2, 0) is 7.05 Å². The summed E-state index contributed by atoms with van der Waals surface area (Å²) in [6.45, 7) is 1.64. The minimum absolute atomic E-state index is 0.108. The molecule has 0 amide bonds. The van der Waals surface area contributed by atoms with E-state index in [4.69, 9.17) is 11.6 Å². The molecule has 0 N–H and O–H groups in total. The molecule has 84 valence electrons. The molecule has 1 heterocycles. The van der Waals surface area contributed by atoms with Crippen LogP contribution in [0.3, 0.4) is 0 Å². The molecule has 0 saturated carbocycles. The van der Waals surface area contributed by atoms with Crippen LogP contribution < -0.4 is 0 Å². The molecule has 0 fully saturated rings. The van der Waals surface area contributed by atoms with Crippen LogP contribution >= 0.6 is 23.4 Å². The number of hydrogen-bond donors (Lipinski definition) is 0. The molecule has 0 saturated heterocycles. The van der Waals surface area contributed by atoms with E-state index in [-0.39, 0.29) is 10.6 Å². The van der Waals surface area contributed by atoms with Gasteiger partial charge >= 0.3 is 5.69 Å². The summed E-state index contributed by atoms with van der Waals surface area (Å²) in [5.41, 5.74) is 0.563. The van der Waals surface area contributed by atoms with Crippen molar-refractivity contribution in [3.8, 4) is 0 Å². The van der Waals surface area contributed by atoms with Crippen molar-refractivity contribution in [3.05, 3.63) is 15.8 Å². The number of halogens is 1. The molecule has 0 radical (unpaired) electrons. The summed E-state index contributed by atoms with van der Waals surface area (Å²) < 4.78 is 1.55. The largest absolute Gasteiger partial charge is 0.323 e. The molecule has 7 heteroatoms. The average molecular weight is 250 g/mol. The van der Waals surface area contributed by atoms with Crippen LogP contribution in [0.5, 0.6) is 0 Å². The van der Waals surface area contributed by atoms with Gasteiger partial charge in [-0.1, -0.05) is 11.8 Å². The van der Waals surface area contributed by atoms with Gasteiger partial charge in [0.05, 0.1) is 4.92 Å². The quantitative estimate of drug-likeness (QED) is 0.264. The van der Waals surface area contributed by atoms with E-state index in [1.807, 2.05) is 0 Å². The second-order valence-electron chi connectivity index (χ2n) is 3.01. The van der Waals surface area contributed by atoms with Gasteiger partial charge in [0.1, 0.15) is 5.69 Å². The van der Waals surface area contributed by atoms with Gasteiger partial charge in [-0.3, -0.25) is 14.8 Å². The Morgan fingerprint density at radius 1 is 1.67 bits per heavy atom. The summed E-state index contributed by atoms with van der Waals surface area (Å²) in [5.74, 6) is 1.33. The fraction of sp³-hybridized carbons (Fsp3) is 0.625. The minimum atomic E-state index is -0.384. The third-order valence-corrected chi connectivity index (χ3v) is 3.33. The molecule has 0 aliphatic carbocycles. The lowest BCUT2D eigenvalue weighted by atomic mass is 10.4. The standard InChI is InChI=1S/C8H12ClN3O2S/c1-6-7(12(13)14)8(11(2)10-6)15-5-3-4-9/h3-5H2,1-2H3. The topological polar surface area (TPSA) is 61.0 Å². The maximum atomic E-state index is 10.8. The van der Waals surface area contributed by atoms with Crippen LogP contribution in [0.25, 0.3) is 0 Å². The Balaban J connectivity index is 2.89. The van der Waals surface area contributed by atoms with Gasteiger partial charge in [0, 0.05) is 18.7 Å². The second kappa shape index (κ2) is 5.37. The summed E-state index contributed by atoms with van der Waals surface area (Å²) in [6, 6.07) is 0. The normalized spacial score (nSPS) is 10.6. The molecular formula is C8H12ClN3O2S. The van der Waals surface area contributed by atoms with Gasteiger partial charge in [0.15, 0.2) is 5.03 Å². The van der Waals surface area contributed by atoms with E-state index in [1.54, 1.807) is 18.7 Å². The highest BCUT2D eigenvalue weighted by Gasteiger charge is 2.23. The molecular weight excluding hydrogens is 238 g/mol. The van der Waals surface area contributed by atoms with Gasteiger partial charge in [-0.15, -0.1) is 11.6 Å². The summed E-state index contributed by atoms with van der Waals surface area (Å²) in [4.78, 5) is 10.4. The van der Waals surface area contributed by atoms with Crippen molar-refractivity contribution < 1.29 is 4.92 Å². The van der Waals surface area contributed by atoms with E-state index in [2.05, 4.69) is 5.10 Å². The lowest BCUT2D eigenvalue weighted by molar-refractivity contribution is -0.388. The van der Waals surface area contributed by atoms with Crippen LogP contribution in [0.4, 0.5) is 5.69 Å². The number of nitrogens with zero attached hydrogens (tertiary/aromatic N) is 3. The summed E-state index contributed by atoms with van der Waals surface area (Å²) in [7, 11) is 1.71. The monoisotopic (exact) mass is 249 g/mol. The van der Waals surface area contributed by atoms with E-state index in [0.29, 0.717) is 16.6 Å². The number of hydrogen-bond acceptors (Lipinski definition) is 4. The van der Waals surface area contributed by atoms with Crippen molar-refractivity contribution >= 4 is 29.1 Å². The minimum Gasteiger partial charge on any atom is -0.258 e. The third-order valence-electron chi connectivity index (χ3n) is 1.84. The third kappa shape index (κ3) is 2.85. The van der Waals surface area contributed by atoms with E-state index in [1.165, 1.54) is 11.8 Å². The number of aromatic nitrogens is 2. The summed E-state index contributed by atoms with van der Waals surface area (Å²) in [5, 5.41) is 15.4. The predicted molar refractivity (Wildman–Crippen MR) is 60.7 cm³/mol. The first-order valence-corrected chi connectivity index (χ1v) is 5.96. The van der Waals surface area contributed by atoms with E-state index >= 15 is 0 Å². The smallest absolute Gasteiger partial charge is 0.258 e. The van der Waals surface area contributed by atoms with Crippen LogP contribution in [0.2, 0.25) is 0 Å². The number of aryl methyl sites for hydroxylation is 2. The zero-order valence-corrected chi connectivity index (χ0v) is 10.1. The van der Waals surface area contributed by atoms with E-state index in [9.17, 15) is 10.1 Å².